The number of hydrogen-bond acceptors (Lipinski definition) is 1. The number of rotatable bonds is 4. The fraction of sp³-hybridized carbons (Fsp3) is 0. The van der Waals surface area contributed by atoms with Gasteiger partial charge in [0, 0.05) is 21.9 Å². The molecule has 2 heteroatoms. The fourth-order valence-corrected chi connectivity index (χ4v) is 8.60. The first-order valence-electron chi connectivity index (χ1n) is 18.2. The van der Waals surface area contributed by atoms with Crippen LogP contribution in [0.5, 0.6) is 0 Å². The largest absolute Gasteiger partial charge is 0.291 e. The van der Waals surface area contributed by atoms with E-state index < -0.39 is 0 Å². The van der Waals surface area contributed by atoms with Crippen LogP contribution in [0.4, 0.5) is 0 Å². The van der Waals surface area contributed by atoms with Crippen LogP contribution in [0.3, 0.4) is 0 Å². The molecule has 0 aliphatic carbocycles. The quantitative estimate of drug-likeness (QED) is 0.134. The predicted octanol–water partition coefficient (Wildman–Crippen LogP) is 13.8. The molecule has 246 valence electrons. The average Bonchev–Trinajstić information content (AvgIpc) is 3.64. The van der Waals surface area contributed by atoms with Crippen LogP contribution >= 0.6 is 0 Å². The average molecular weight is 673 g/mol. The minimum absolute atomic E-state index is 0.962. The summed E-state index contributed by atoms with van der Waals surface area (Å²) in [5, 5.41) is 11.0. The molecule has 0 amide bonds. The number of benzene rings is 9. The third kappa shape index (κ3) is 4.56. The molecular weight excluding hydrogens is 641 g/mol. The molecule has 9 aromatic carbocycles. The number of hydrogen-bond donors (Lipinski definition) is 0. The second kappa shape index (κ2) is 11.8. The molecule has 53 heavy (non-hydrogen) atoms. The molecule has 0 saturated carbocycles. The van der Waals surface area contributed by atoms with Crippen LogP contribution in [0.25, 0.3) is 104 Å². The highest BCUT2D eigenvalue weighted by atomic mass is 15.0. The zero-order chi connectivity index (χ0) is 34.9. The van der Waals surface area contributed by atoms with Crippen LogP contribution in [0.1, 0.15) is 0 Å². The molecule has 0 bridgehead atoms. The molecule has 0 spiro atoms. The maximum Gasteiger partial charge on any atom is 0.146 e. The highest BCUT2D eigenvalue weighted by Crippen LogP contribution is 2.46. The van der Waals surface area contributed by atoms with E-state index in [0.717, 1.165) is 39.1 Å². The van der Waals surface area contributed by atoms with Crippen LogP contribution in [0.15, 0.2) is 194 Å². The van der Waals surface area contributed by atoms with E-state index in [1.165, 1.54) is 65.3 Å². The third-order valence-corrected chi connectivity index (χ3v) is 10.9. The molecule has 0 radical (unpaired) electrons. The minimum atomic E-state index is 0.962. The van der Waals surface area contributed by atoms with Crippen molar-refractivity contribution in [2.45, 2.75) is 0 Å². The first kappa shape index (κ1) is 29.7. The fourth-order valence-electron chi connectivity index (χ4n) is 8.60. The first-order valence-corrected chi connectivity index (χ1v) is 18.2. The van der Waals surface area contributed by atoms with Gasteiger partial charge in [0.15, 0.2) is 0 Å². The Morgan fingerprint density at radius 2 is 0.830 bits per heavy atom. The lowest BCUT2D eigenvalue weighted by molar-refractivity contribution is 1.27. The second-order valence-corrected chi connectivity index (χ2v) is 13.9. The van der Waals surface area contributed by atoms with Crippen molar-refractivity contribution < 1.29 is 0 Å². The van der Waals surface area contributed by atoms with E-state index >= 15 is 0 Å². The van der Waals surface area contributed by atoms with Crippen molar-refractivity contribution in [3.05, 3.63) is 194 Å². The summed E-state index contributed by atoms with van der Waals surface area (Å²) < 4.78 is 2.37. The molecule has 0 unspecified atom stereocenters. The van der Waals surface area contributed by atoms with Crippen molar-refractivity contribution in [2.24, 2.45) is 0 Å². The molecule has 0 aliphatic rings. The lowest BCUT2D eigenvalue weighted by Crippen LogP contribution is -1.95. The molecule has 0 fully saturated rings. The van der Waals surface area contributed by atoms with E-state index in [2.05, 4.69) is 199 Å². The predicted molar refractivity (Wildman–Crippen MR) is 224 cm³/mol. The minimum Gasteiger partial charge on any atom is -0.291 e. The molecule has 11 rings (SSSR count). The maximum absolute atomic E-state index is 5.47. The molecule has 0 saturated heterocycles. The van der Waals surface area contributed by atoms with Crippen LogP contribution in [0, 0.1) is 0 Å². The van der Waals surface area contributed by atoms with Crippen molar-refractivity contribution in [3.8, 4) is 44.8 Å². The van der Waals surface area contributed by atoms with E-state index in [1.807, 2.05) is 0 Å². The maximum atomic E-state index is 5.47. The van der Waals surface area contributed by atoms with Gasteiger partial charge in [0.2, 0.25) is 0 Å². The number of aromatic nitrogens is 2. The van der Waals surface area contributed by atoms with Gasteiger partial charge < -0.3 is 0 Å². The Hall–Kier alpha value is -7.03. The topological polar surface area (TPSA) is 17.3 Å². The number of nitrogens with zero attached hydrogens (tertiary/aromatic N) is 2. The van der Waals surface area contributed by atoms with Gasteiger partial charge in [-0.05, 0) is 84.2 Å². The van der Waals surface area contributed by atoms with Gasteiger partial charge in [0.25, 0.3) is 0 Å². The molecular formula is C51H32N2. The Kier molecular flexibility index (Phi) is 6.59. The van der Waals surface area contributed by atoms with E-state index in [9.17, 15) is 0 Å². The molecule has 2 nitrogen and oxygen atoms in total. The number of imidazole rings is 1. The van der Waals surface area contributed by atoms with E-state index in [0.29, 0.717) is 0 Å². The Morgan fingerprint density at radius 1 is 0.321 bits per heavy atom. The molecule has 2 heterocycles. The van der Waals surface area contributed by atoms with Gasteiger partial charge in [-0.25, -0.2) is 4.98 Å². The summed E-state index contributed by atoms with van der Waals surface area (Å²) in [6.45, 7) is 0. The summed E-state index contributed by atoms with van der Waals surface area (Å²) in [4.78, 5) is 5.47. The second-order valence-electron chi connectivity index (χ2n) is 13.9. The molecule has 0 atom stereocenters. The third-order valence-electron chi connectivity index (χ3n) is 10.9. The number of para-hydroxylation sites is 1. The molecule has 2 aromatic heterocycles. The molecule has 0 N–H and O–H groups in total. The normalized spacial score (nSPS) is 11.8. The summed E-state index contributed by atoms with van der Waals surface area (Å²) in [6, 6.07) is 70.4. The van der Waals surface area contributed by atoms with Crippen LogP contribution in [0.2, 0.25) is 0 Å². The van der Waals surface area contributed by atoms with Crippen molar-refractivity contribution >= 4 is 59.6 Å². The number of pyridine rings is 1. The first-order chi connectivity index (χ1) is 26.3. The van der Waals surface area contributed by atoms with Crippen molar-refractivity contribution in [3.63, 3.8) is 0 Å². The van der Waals surface area contributed by atoms with Crippen LogP contribution in [-0.2, 0) is 0 Å². The molecule has 11 aromatic rings. The van der Waals surface area contributed by atoms with Crippen molar-refractivity contribution in [2.75, 3.05) is 0 Å². The van der Waals surface area contributed by atoms with Crippen molar-refractivity contribution in [1.82, 2.24) is 9.38 Å². The summed E-state index contributed by atoms with van der Waals surface area (Å²) in [5.41, 5.74) is 11.4. The zero-order valence-electron chi connectivity index (χ0n) is 28.9. The Balaban J connectivity index is 1.22. The van der Waals surface area contributed by atoms with E-state index in [-0.39, 0.29) is 0 Å². The lowest BCUT2D eigenvalue weighted by atomic mass is 9.85. The van der Waals surface area contributed by atoms with Crippen LogP contribution < -0.4 is 0 Å². The highest BCUT2D eigenvalue weighted by Gasteiger charge is 2.22. The van der Waals surface area contributed by atoms with Gasteiger partial charge >= 0.3 is 0 Å². The summed E-state index contributed by atoms with van der Waals surface area (Å²) in [7, 11) is 0. The number of fused-ring (bicyclic) bond motifs is 9. The molecule has 0 aliphatic heterocycles. The SMILES string of the molecule is c1ccc(-c2nc3c4ccc(-c5c6ccccc6c(-c6ccc7ccccc7c6)c6ccccc56)cc4c4ccccc4n3c2-c2ccccc2)cc1. The van der Waals surface area contributed by atoms with E-state index in [1.54, 1.807) is 0 Å². The Bertz CT molecular complexity index is 3150. The highest BCUT2D eigenvalue weighted by molar-refractivity contribution is 6.23. The summed E-state index contributed by atoms with van der Waals surface area (Å²) >= 11 is 0. The summed E-state index contributed by atoms with van der Waals surface area (Å²) in [6.07, 6.45) is 0. The Morgan fingerprint density at radius 3 is 1.49 bits per heavy atom. The van der Waals surface area contributed by atoms with E-state index in [4.69, 9.17) is 4.98 Å². The van der Waals surface area contributed by atoms with Gasteiger partial charge in [-0.1, -0.05) is 170 Å². The van der Waals surface area contributed by atoms with Gasteiger partial charge in [0.1, 0.15) is 5.65 Å². The van der Waals surface area contributed by atoms with Crippen LogP contribution in [-0.4, -0.2) is 9.38 Å². The van der Waals surface area contributed by atoms with Gasteiger partial charge in [-0.15, -0.1) is 0 Å². The Labute approximate surface area is 306 Å². The zero-order valence-corrected chi connectivity index (χ0v) is 28.9. The van der Waals surface area contributed by atoms with Gasteiger partial charge in [-0.2, -0.15) is 0 Å². The lowest BCUT2D eigenvalue weighted by Gasteiger charge is -2.19. The van der Waals surface area contributed by atoms with Crippen molar-refractivity contribution in [1.29, 1.82) is 0 Å². The van der Waals surface area contributed by atoms with Gasteiger partial charge in [-0.3, -0.25) is 4.40 Å². The monoisotopic (exact) mass is 672 g/mol. The smallest absolute Gasteiger partial charge is 0.146 e. The van der Waals surface area contributed by atoms with Gasteiger partial charge in [0.05, 0.1) is 16.9 Å². The standard InChI is InChI=1S/C51H32N2/c1-3-16-34(17-4-1)49-50(35-18-5-2-6-19-35)53-46-26-14-13-21-39(46)45-32-38(29-30-44(45)51(53)52-49)48-42-24-11-9-22-40(42)47(41-23-10-12-25-43(41)48)37-28-27-33-15-7-8-20-36(33)31-37/h1-32H. The summed E-state index contributed by atoms with van der Waals surface area (Å²) in [5.74, 6) is 0.